The van der Waals surface area contributed by atoms with Crippen molar-refractivity contribution in [1.82, 2.24) is 0 Å². The largest absolute Gasteiger partial charge is 0.382 e. The summed E-state index contributed by atoms with van der Waals surface area (Å²) in [6.07, 6.45) is 4.04. The standard InChI is InChI=1S/C10H24OSi2/c1-12(2)10(13(3,4)5)8-6-7-9-11-10/h12H,6-9H2,1-5H3. The molecule has 0 aliphatic carbocycles. The average molecular weight is 216 g/mol. The van der Waals surface area contributed by atoms with Gasteiger partial charge in [-0.1, -0.05) is 32.7 Å². The third-order valence-electron chi connectivity index (χ3n) is 3.50. The molecule has 0 bridgehead atoms. The zero-order valence-electron chi connectivity index (χ0n) is 9.81. The molecule has 0 radical (unpaired) electrons. The molecule has 1 rings (SSSR count). The first-order chi connectivity index (χ1) is 5.90. The van der Waals surface area contributed by atoms with Crippen LogP contribution >= 0.6 is 0 Å². The monoisotopic (exact) mass is 216 g/mol. The van der Waals surface area contributed by atoms with Gasteiger partial charge in [0, 0.05) is 11.5 Å². The van der Waals surface area contributed by atoms with Gasteiger partial charge in [0.25, 0.3) is 0 Å². The molecule has 0 aromatic heterocycles. The third-order valence-corrected chi connectivity index (χ3v) is 13.1. The summed E-state index contributed by atoms with van der Waals surface area (Å²) in [6, 6.07) is 0. The minimum atomic E-state index is -1.13. The molecule has 13 heavy (non-hydrogen) atoms. The number of hydrogen-bond acceptors (Lipinski definition) is 1. The Labute approximate surface area is 85.5 Å². The third kappa shape index (κ3) is 2.08. The molecule has 1 aliphatic rings. The molecule has 3 heteroatoms. The van der Waals surface area contributed by atoms with E-state index in [1.165, 1.54) is 19.3 Å². The fraction of sp³-hybridized carbons (Fsp3) is 1.00. The molecular formula is C10H24OSi2. The maximum Gasteiger partial charge on any atom is 0.0778 e. The van der Waals surface area contributed by atoms with Crippen LogP contribution in [0.15, 0.2) is 0 Å². The molecule has 0 saturated carbocycles. The van der Waals surface area contributed by atoms with Gasteiger partial charge < -0.3 is 4.74 Å². The van der Waals surface area contributed by atoms with Crippen molar-refractivity contribution < 1.29 is 4.74 Å². The second-order valence-electron chi connectivity index (χ2n) is 5.60. The van der Waals surface area contributed by atoms with Crippen LogP contribution in [0.2, 0.25) is 32.7 Å². The van der Waals surface area contributed by atoms with Gasteiger partial charge in [0.1, 0.15) is 0 Å². The Balaban J connectivity index is 2.86. The SMILES string of the molecule is C[SiH](C)C1([Si](C)(C)C)CCCCO1. The first-order valence-corrected chi connectivity index (χ1v) is 11.9. The van der Waals surface area contributed by atoms with Gasteiger partial charge in [0.05, 0.1) is 16.9 Å². The Morgan fingerprint density at radius 3 is 2.00 bits per heavy atom. The van der Waals surface area contributed by atoms with Gasteiger partial charge in [-0.3, -0.25) is 0 Å². The topological polar surface area (TPSA) is 9.23 Å². The molecule has 0 N–H and O–H groups in total. The smallest absolute Gasteiger partial charge is 0.0778 e. The first-order valence-electron chi connectivity index (χ1n) is 5.54. The van der Waals surface area contributed by atoms with Crippen molar-refractivity contribution >= 4 is 16.9 Å². The molecule has 0 aromatic rings. The predicted octanol–water partition coefficient (Wildman–Crippen LogP) is 2.83. The van der Waals surface area contributed by atoms with Crippen molar-refractivity contribution in [2.75, 3.05) is 6.61 Å². The lowest BCUT2D eigenvalue weighted by Crippen LogP contribution is -2.63. The van der Waals surface area contributed by atoms with Crippen molar-refractivity contribution in [2.24, 2.45) is 0 Å². The van der Waals surface area contributed by atoms with E-state index in [4.69, 9.17) is 4.74 Å². The van der Waals surface area contributed by atoms with Crippen LogP contribution in [-0.4, -0.2) is 28.3 Å². The van der Waals surface area contributed by atoms with Crippen LogP contribution < -0.4 is 0 Å². The maximum absolute atomic E-state index is 6.21. The molecule has 1 saturated heterocycles. The number of hydrogen-bond donors (Lipinski definition) is 0. The zero-order valence-corrected chi connectivity index (χ0v) is 12.0. The lowest BCUT2D eigenvalue weighted by molar-refractivity contribution is 0.0258. The van der Waals surface area contributed by atoms with E-state index in [-0.39, 0.29) is 0 Å². The minimum Gasteiger partial charge on any atom is -0.382 e. The first kappa shape index (κ1) is 11.5. The highest BCUT2D eigenvalue weighted by Crippen LogP contribution is 2.36. The molecule has 1 unspecified atom stereocenters. The van der Waals surface area contributed by atoms with Crippen molar-refractivity contribution in [3.63, 3.8) is 0 Å². The molecular weight excluding hydrogens is 192 g/mol. The van der Waals surface area contributed by atoms with Crippen molar-refractivity contribution in [3.8, 4) is 0 Å². The van der Waals surface area contributed by atoms with E-state index >= 15 is 0 Å². The Bertz CT molecular complexity index is 166. The van der Waals surface area contributed by atoms with Crippen molar-refractivity contribution in [1.29, 1.82) is 0 Å². The van der Waals surface area contributed by atoms with Crippen LogP contribution in [0.3, 0.4) is 0 Å². The molecule has 0 spiro atoms. The Morgan fingerprint density at radius 2 is 1.77 bits per heavy atom. The molecule has 0 aromatic carbocycles. The summed E-state index contributed by atoms with van der Waals surface area (Å²) in [7, 11) is -1.80. The van der Waals surface area contributed by atoms with Gasteiger partial charge in [-0.2, -0.15) is 0 Å². The minimum absolute atomic E-state index is 0.394. The van der Waals surface area contributed by atoms with Crippen LogP contribution in [0.5, 0.6) is 0 Å². The number of ether oxygens (including phenoxy) is 1. The molecule has 1 atom stereocenters. The van der Waals surface area contributed by atoms with Gasteiger partial charge in [0.15, 0.2) is 0 Å². The summed E-state index contributed by atoms with van der Waals surface area (Å²) in [6.45, 7) is 13.4. The Morgan fingerprint density at radius 1 is 1.15 bits per heavy atom. The molecule has 0 amide bonds. The lowest BCUT2D eigenvalue weighted by atomic mass is 10.2. The quantitative estimate of drug-likeness (QED) is 0.645. The number of rotatable bonds is 2. The van der Waals surface area contributed by atoms with Crippen LogP contribution in [-0.2, 0) is 4.74 Å². The average Bonchev–Trinajstić information content (AvgIpc) is 2.03. The zero-order chi connectivity index (χ0) is 10.1. The van der Waals surface area contributed by atoms with Gasteiger partial charge in [0.2, 0.25) is 0 Å². The Hall–Kier alpha value is 0.394. The summed E-state index contributed by atoms with van der Waals surface area (Å²) in [5, 5.41) is 0. The van der Waals surface area contributed by atoms with E-state index in [1.54, 1.807) is 0 Å². The normalized spacial score (nSPS) is 30.9. The van der Waals surface area contributed by atoms with Crippen molar-refractivity contribution in [3.05, 3.63) is 0 Å². The summed E-state index contributed by atoms with van der Waals surface area (Å²) in [4.78, 5) is 0.394. The van der Waals surface area contributed by atoms with Gasteiger partial charge in [-0.15, -0.1) is 0 Å². The summed E-state index contributed by atoms with van der Waals surface area (Å²) < 4.78 is 6.21. The van der Waals surface area contributed by atoms with Crippen LogP contribution in [0, 0.1) is 0 Å². The highest BCUT2D eigenvalue weighted by Gasteiger charge is 2.47. The summed E-state index contributed by atoms with van der Waals surface area (Å²) in [5.41, 5.74) is 0. The highest BCUT2D eigenvalue weighted by molar-refractivity contribution is 6.91. The molecule has 1 heterocycles. The van der Waals surface area contributed by atoms with Gasteiger partial charge >= 0.3 is 0 Å². The van der Waals surface area contributed by atoms with E-state index in [1.807, 2.05) is 0 Å². The molecule has 1 nitrogen and oxygen atoms in total. The maximum atomic E-state index is 6.21. The fourth-order valence-electron chi connectivity index (χ4n) is 2.73. The van der Waals surface area contributed by atoms with Crippen LogP contribution in [0.25, 0.3) is 0 Å². The second-order valence-corrected chi connectivity index (χ2v) is 14.8. The summed E-state index contributed by atoms with van der Waals surface area (Å²) in [5.74, 6) is 0. The summed E-state index contributed by atoms with van der Waals surface area (Å²) >= 11 is 0. The van der Waals surface area contributed by atoms with E-state index in [9.17, 15) is 0 Å². The fourth-order valence-corrected chi connectivity index (χ4v) is 12.4. The van der Waals surface area contributed by atoms with E-state index < -0.39 is 16.9 Å². The van der Waals surface area contributed by atoms with Crippen LogP contribution in [0.1, 0.15) is 19.3 Å². The van der Waals surface area contributed by atoms with E-state index in [0.717, 1.165) is 6.61 Å². The van der Waals surface area contributed by atoms with E-state index in [0.29, 0.717) is 4.85 Å². The van der Waals surface area contributed by atoms with Gasteiger partial charge in [-0.05, 0) is 19.3 Å². The predicted molar refractivity (Wildman–Crippen MR) is 64.8 cm³/mol. The molecule has 1 fully saturated rings. The molecule has 1 aliphatic heterocycles. The lowest BCUT2D eigenvalue weighted by Gasteiger charge is -2.49. The van der Waals surface area contributed by atoms with Crippen LogP contribution in [0.4, 0.5) is 0 Å². The van der Waals surface area contributed by atoms with E-state index in [2.05, 4.69) is 32.7 Å². The Kier molecular flexibility index (Phi) is 3.41. The highest BCUT2D eigenvalue weighted by atomic mass is 28.4. The van der Waals surface area contributed by atoms with Crippen molar-refractivity contribution in [2.45, 2.75) is 56.8 Å². The van der Waals surface area contributed by atoms with Gasteiger partial charge in [-0.25, -0.2) is 0 Å². The second kappa shape index (κ2) is 3.87. The molecule has 78 valence electrons.